The van der Waals surface area contributed by atoms with Crippen molar-refractivity contribution in [1.29, 1.82) is 0 Å². The number of nitrogens with zero attached hydrogens (tertiary/aromatic N) is 1. The SMILES string of the molecule is CCCCCn1sccc1=O. The Balaban J connectivity index is 2.39. The topological polar surface area (TPSA) is 22.0 Å². The predicted molar refractivity (Wildman–Crippen MR) is 48.1 cm³/mol. The van der Waals surface area contributed by atoms with E-state index in [1.807, 2.05) is 5.38 Å². The molecule has 0 saturated heterocycles. The van der Waals surface area contributed by atoms with Crippen LogP contribution in [0.3, 0.4) is 0 Å². The zero-order chi connectivity index (χ0) is 8.10. The number of aryl methyl sites for hydroxylation is 1. The number of hydrogen-bond donors (Lipinski definition) is 0. The Morgan fingerprint density at radius 1 is 1.55 bits per heavy atom. The Bertz CT molecular complexity index is 251. The van der Waals surface area contributed by atoms with Crippen molar-refractivity contribution in [1.82, 2.24) is 3.96 Å². The van der Waals surface area contributed by atoms with Gasteiger partial charge in [-0.05, 0) is 6.42 Å². The molecule has 0 aromatic carbocycles. The van der Waals surface area contributed by atoms with Gasteiger partial charge in [0.1, 0.15) is 0 Å². The number of hydrogen-bond acceptors (Lipinski definition) is 2. The summed E-state index contributed by atoms with van der Waals surface area (Å²) in [5.41, 5.74) is 0.145. The molecule has 3 heteroatoms. The number of aromatic nitrogens is 1. The van der Waals surface area contributed by atoms with Crippen LogP contribution in [0.5, 0.6) is 0 Å². The highest BCUT2D eigenvalue weighted by atomic mass is 32.1. The maximum atomic E-state index is 11.0. The Morgan fingerprint density at radius 2 is 2.36 bits per heavy atom. The second-order valence-electron chi connectivity index (χ2n) is 2.56. The first-order chi connectivity index (χ1) is 5.34. The summed E-state index contributed by atoms with van der Waals surface area (Å²) in [5.74, 6) is 0. The van der Waals surface area contributed by atoms with E-state index in [0.29, 0.717) is 0 Å². The fourth-order valence-corrected chi connectivity index (χ4v) is 1.69. The van der Waals surface area contributed by atoms with Gasteiger partial charge in [-0.1, -0.05) is 31.3 Å². The monoisotopic (exact) mass is 171 g/mol. The van der Waals surface area contributed by atoms with Gasteiger partial charge >= 0.3 is 0 Å². The van der Waals surface area contributed by atoms with Gasteiger partial charge in [0, 0.05) is 18.0 Å². The predicted octanol–water partition coefficient (Wildman–Crippen LogP) is 2.10. The van der Waals surface area contributed by atoms with Crippen LogP contribution < -0.4 is 5.56 Å². The maximum Gasteiger partial charge on any atom is 0.260 e. The second kappa shape index (κ2) is 4.34. The van der Waals surface area contributed by atoms with Crippen molar-refractivity contribution in [2.24, 2.45) is 0 Å². The molecule has 1 aromatic heterocycles. The van der Waals surface area contributed by atoms with Crippen LogP contribution in [0.25, 0.3) is 0 Å². The maximum absolute atomic E-state index is 11.0. The van der Waals surface area contributed by atoms with Crippen molar-refractivity contribution in [3.05, 3.63) is 21.8 Å². The molecule has 1 rings (SSSR count). The molecule has 2 nitrogen and oxygen atoms in total. The molecule has 11 heavy (non-hydrogen) atoms. The van der Waals surface area contributed by atoms with Crippen LogP contribution in [0.15, 0.2) is 16.2 Å². The minimum atomic E-state index is 0.145. The summed E-state index contributed by atoms with van der Waals surface area (Å²) < 4.78 is 1.80. The lowest BCUT2D eigenvalue weighted by molar-refractivity contribution is 0.623. The van der Waals surface area contributed by atoms with E-state index < -0.39 is 0 Å². The van der Waals surface area contributed by atoms with Crippen molar-refractivity contribution in [2.45, 2.75) is 32.7 Å². The van der Waals surface area contributed by atoms with Crippen LogP contribution in [0.1, 0.15) is 26.2 Å². The van der Waals surface area contributed by atoms with Crippen molar-refractivity contribution in [2.75, 3.05) is 0 Å². The summed E-state index contributed by atoms with van der Waals surface area (Å²) in [6, 6.07) is 1.62. The van der Waals surface area contributed by atoms with Crippen LogP contribution in [-0.2, 0) is 6.54 Å². The smallest absolute Gasteiger partial charge is 0.260 e. The fourth-order valence-electron chi connectivity index (χ4n) is 0.965. The summed E-state index contributed by atoms with van der Waals surface area (Å²) in [6.07, 6.45) is 3.54. The van der Waals surface area contributed by atoms with E-state index in [0.717, 1.165) is 13.0 Å². The molecule has 1 heterocycles. The third-order valence-corrected chi connectivity index (χ3v) is 2.48. The van der Waals surface area contributed by atoms with Gasteiger partial charge in [-0.15, -0.1) is 0 Å². The molecule has 0 aliphatic rings. The lowest BCUT2D eigenvalue weighted by Gasteiger charge is -1.97. The number of unbranched alkanes of at least 4 members (excludes halogenated alkanes) is 2. The summed E-state index contributed by atoms with van der Waals surface area (Å²) >= 11 is 1.50. The van der Waals surface area contributed by atoms with Gasteiger partial charge in [0.25, 0.3) is 5.56 Å². The third kappa shape index (κ3) is 2.50. The minimum Gasteiger partial charge on any atom is -0.268 e. The van der Waals surface area contributed by atoms with Crippen LogP contribution in [0, 0.1) is 0 Å². The largest absolute Gasteiger partial charge is 0.268 e. The molecule has 0 amide bonds. The molecule has 0 N–H and O–H groups in total. The van der Waals surface area contributed by atoms with Crippen LogP contribution in [0.2, 0.25) is 0 Å². The standard InChI is InChI=1S/C8H13NOS/c1-2-3-4-6-9-8(10)5-7-11-9/h5,7H,2-4,6H2,1H3. The average Bonchev–Trinajstić information content (AvgIpc) is 2.37. The molecule has 0 bridgehead atoms. The summed E-state index contributed by atoms with van der Waals surface area (Å²) in [6.45, 7) is 3.06. The van der Waals surface area contributed by atoms with Crippen molar-refractivity contribution in [3.63, 3.8) is 0 Å². The molecular formula is C8H13NOS. The Labute approximate surface area is 70.6 Å². The third-order valence-electron chi connectivity index (χ3n) is 1.61. The highest BCUT2D eigenvalue weighted by Gasteiger charge is 1.94. The van der Waals surface area contributed by atoms with Crippen LogP contribution >= 0.6 is 11.5 Å². The van der Waals surface area contributed by atoms with Gasteiger partial charge in [0.15, 0.2) is 0 Å². The zero-order valence-electron chi connectivity index (χ0n) is 6.75. The van der Waals surface area contributed by atoms with Gasteiger partial charge < -0.3 is 0 Å². The van der Waals surface area contributed by atoms with E-state index in [4.69, 9.17) is 0 Å². The molecule has 0 aliphatic carbocycles. The fraction of sp³-hybridized carbons (Fsp3) is 0.625. The second-order valence-corrected chi connectivity index (χ2v) is 3.48. The number of rotatable bonds is 4. The average molecular weight is 171 g/mol. The van der Waals surface area contributed by atoms with Gasteiger partial charge in [0.2, 0.25) is 0 Å². The Kier molecular flexibility index (Phi) is 3.36. The first kappa shape index (κ1) is 8.53. The Morgan fingerprint density at radius 3 is 2.91 bits per heavy atom. The van der Waals surface area contributed by atoms with E-state index in [2.05, 4.69) is 6.92 Å². The van der Waals surface area contributed by atoms with Crippen LogP contribution in [0.4, 0.5) is 0 Å². The van der Waals surface area contributed by atoms with E-state index in [-0.39, 0.29) is 5.56 Å². The quantitative estimate of drug-likeness (QED) is 0.636. The lowest BCUT2D eigenvalue weighted by atomic mass is 10.2. The molecular weight excluding hydrogens is 158 g/mol. The zero-order valence-corrected chi connectivity index (χ0v) is 7.56. The molecule has 0 radical (unpaired) electrons. The van der Waals surface area contributed by atoms with Crippen LogP contribution in [-0.4, -0.2) is 3.96 Å². The van der Waals surface area contributed by atoms with Gasteiger partial charge in [-0.3, -0.25) is 8.75 Å². The highest BCUT2D eigenvalue weighted by molar-refractivity contribution is 7.04. The minimum absolute atomic E-state index is 0.145. The Hall–Kier alpha value is -0.570. The first-order valence-corrected chi connectivity index (χ1v) is 4.83. The molecule has 0 spiro atoms. The van der Waals surface area contributed by atoms with E-state index >= 15 is 0 Å². The molecule has 0 fully saturated rings. The van der Waals surface area contributed by atoms with Crippen molar-refractivity contribution in [3.8, 4) is 0 Å². The van der Waals surface area contributed by atoms with Crippen molar-refractivity contribution < 1.29 is 0 Å². The highest BCUT2D eigenvalue weighted by Crippen LogP contribution is 1.99. The van der Waals surface area contributed by atoms with Gasteiger partial charge in [0.05, 0.1) is 0 Å². The first-order valence-electron chi connectivity index (χ1n) is 3.99. The molecule has 1 aromatic rings. The van der Waals surface area contributed by atoms with E-state index in [1.165, 1.54) is 24.4 Å². The van der Waals surface area contributed by atoms with Gasteiger partial charge in [-0.2, -0.15) is 0 Å². The van der Waals surface area contributed by atoms with E-state index in [9.17, 15) is 4.79 Å². The normalized spacial score (nSPS) is 10.3. The summed E-state index contributed by atoms with van der Waals surface area (Å²) in [7, 11) is 0. The molecule has 0 atom stereocenters. The summed E-state index contributed by atoms with van der Waals surface area (Å²) in [5, 5.41) is 1.84. The molecule has 0 unspecified atom stereocenters. The van der Waals surface area contributed by atoms with E-state index in [1.54, 1.807) is 10.0 Å². The molecule has 0 saturated carbocycles. The lowest BCUT2D eigenvalue weighted by Crippen LogP contribution is -2.11. The van der Waals surface area contributed by atoms with Gasteiger partial charge in [-0.25, -0.2) is 0 Å². The molecule has 0 aliphatic heterocycles. The summed E-state index contributed by atoms with van der Waals surface area (Å²) in [4.78, 5) is 11.0. The van der Waals surface area contributed by atoms with Crippen molar-refractivity contribution >= 4 is 11.5 Å². The molecule has 62 valence electrons.